The Bertz CT molecular complexity index is 1070. The van der Waals surface area contributed by atoms with E-state index in [0.29, 0.717) is 31.2 Å². The number of piperazine rings is 1. The van der Waals surface area contributed by atoms with E-state index in [0.717, 1.165) is 33.7 Å². The number of hydrogen-bond acceptors (Lipinski definition) is 5. The molecule has 0 aliphatic carbocycles. The molecule has 2 aromatic rings. The van der Waals surface area contributed by atoms with E-state index >= 15 is 0 Å². The molecule has 0 saturated carbocycles. The number of nitrogens with zero attached hydrogens (tertiary/aromatic N) is 4. The number of aromatic nitrogens is 1. The number of hydrogen-bond donors (Lipinski definition) is 0. The number of halogens is 1. The lowest BCUT2D eigenvalue weighted by Crippen LogP contribution is -2.52. The summed E-state index contributed by atoms with van der Waals surface area (Å²) in [5.41, 5.74) is 0.432. The maximum Gasteiger partial charge on any atom is 0.410 e. The SMILES string of the molecule is CCC1C=c2c(c(N3CCN(C(=O)OC(C)(C)C)CC3)nc3ccc(Cl)cc23)=N1. The van der Waals surface area contributed by atoms with Crippen molar-refractivity contribution < 1.29 is 9.53 Å². The first-order valence-electron chi connectivity index (χ1n) is 10.2. The lowest BCUT2D eigenvalue weighted by Gasteiger charge is -2.36. The Morgan fingerprint density at radius 2 is 1.97 bits per heavy atom. The van der Waals surface area contributed by atoms with E-state index in [4.69, 9.17) is 26.3 Å². The number of carbonyl (C=O) groups is 1. The van der Waals surface area contributed by atoms with E-state index in [9.17, 15) is 4.79 Å². The van der Waals surface area contributed by atoms with Crippen LogP contribution in [0.25, 0.3) is 17.0 Å². The number of anilines is 1. The molecule has 1 saturated heterocycles. The van der Waals surface area contributed by atoms with E-state index in [1.165, 1.54) is 0 Å². The minimum Gasteiger partial charge on any atom is -0.444 e. The second-order valence-corrected chi connectivity index (χ2v) is 9.02. The second kappa shape index (κ2) is 7.48. The maximum absolute atomic E-state index is 12.4. The number of ether oxygens (including phenoxy) is 1. The van der Waals surface area contributed by atoms with Gasteiger partial charge in [-0.1, -0.05) is 18.5 Å². The minimum atomic E-state index is -0.486. The van der Waals surface area contributed by atoms with Gasteiger partial charge in [0, 0.05) is 41.8 Å². The fraction of sp³-hybridized carbons (Fsp3) is 0.500. The third kappa shape index (κ3) is 4.04. The Morgan fingerprint density at radius 3 is 2.62 bits per heavy atom. The summed E-state index contributed by atoms with van der Waals surface area (Å²) in [5, 5.41) is 3.81. The zero-order valence-corrected chi connectivity index (χ0v) is 18.2. The van der Waals surface area contributed by atoms with Crippen molar-refractivity contribution in [3.05, 3.63) is 33.8 Å². The van der Waals surface area contributed by atoms with Crippen molar-refractivity contribution in [2.24, 2.45) is 4.99 Å². The molecule has 2 aliphatic rings. The Balaban J connectivity index is 1.64. The van der Waals surface area contributed by atoms with Gasteiger partial charge in [-0.3, -0.25) is 4.99 Å². The first kappa shape index (κ1) is 20.0. The second-order valence-electron chi connectivity index (χ2n) is 8.58. The standard InChI is InChI=1S/C22H27ClN4O2/c1-5-15-13-17-16-12-14(23)6-7-18(16)25-20(19(17)24-15)26-8-10-27(11-9-26)21(28)29-22(2,3)4/h6-7,12-13,15H,5,8-11H2,1-4H3. The predicted molar refractivity (Wildman–Crippen MR) is 116 cm³/mol. The van der Waals surface area contributed by atoms with Crippen LogP contribution in [0.1, 0.15) is 34.1 Å². The van der Waals surface area contributed by atoms with Crippen molar-refractivity contribution in [1.82, 2.24) is 9.88 Å². The van der Waals surface area contributed by atoms with Crippen LogP contribution in [0.2, 0.25) is 5.02 Å². The lowest BCUT2D eigenvalue weighted by atomic mass is 10.1. The Labute approximate surface area is 175 Å². The van der Waals surface area contributed by atoms with Crippen LogP contribution in [-0.4, -0.2) is 53.8 Å². The molecule has 2 aliphatic heterocycles. The van der Waals surface area contributed by atoms with Gasteiger partial charge in [-0.05, 0) is 51.5 Å². The largest absolute Gasteiger partial charge is 0.444 e. The summed E-state index contributed by atoms with van der Waals surface area (Å²) in [5.74, 6) is 0.894. The van der Waals surface area contributed by atoms with E-state index in [-0.39, 0.29) is 12.1 Å². The fourth-order valence-electron chi connectivity index (χ4n) is 3.78. The highest BCUT2D eigenvalue weighted by Gasteiger charge is 2.27. The summed E-state index contributed by atoms with van der Waals surface area (Å²) < 4.78 is 5.51. The average molecular weight is 415 g/mol. The molecule has 7 heteroatoms. The van der Waals surface area contributed by atoms with Gasteiger partial charge >= 0.3 is 6.09 Å². The summed E-state index contributed by atoms with van der Waals surface area (Å²) >= 11 is 6.24. The average Bonchev–Trinajstić information content (AvgIpc) is 3.11. The fourth-order valence-corrected chi connectivity index (χ4v) is 3.96. The van der Waals surface area contributed by atoms with Crippen LogP contribution in [0.15, 0.2) is 23.2 Å². The molecule has 6 nitrogen and oxygen atoms in total. The van der Waals surface area contributed by atoms with Crippen molar-refractivity contribution >= 4 is 40.5 Å². The molecule has 1 aromatic carbocycles. The maximum atomic E-state index is 12.4. The van der Waals surface area contributed by atoms with E-state index in [1.807, 2.05) is 39.0 Å². The van der Waals surface area contributed by atoms with Gasteiger partial charge in [0.05, 0.1) is 11.6 Å². The van der Waals surface area contributed by atoms with Gasteiger partial charge in [0.25, 0.3) is 0 Å². The van der Waals surface area contributed by atoms with Crippen LogP contribution in [0.3, 0.4) is 0 Å². The molecule has 0 bridgehead atoms. The summed E-state index contributed by atoms with van der Waals surface area (Å²) in [6.07, 6.45) is 2.91. The predicted octanol–water partition coefficient (Wildman–Crippen LogP) is 3.14. The highest BCUT2D eigenvalue weighted by Crippen LogP contribution is 2.20. The van der Waals surface area contributed by atoms with Crippen molar-refractivity contribution in [3.63, 3.8) is 0 Å². The lowest BCUT2D eigenvalue weighted by molar-refractivity contribution is 0.0240. The summed E-state index contributed by atoms with van der Waals surface area (Å²) in [6.45, 7) is 10.4. The van der Waals surface area contributed by atoms with Crippen LogP contribution >= 0.6 is 11.6 Å². The molecule has 1 amide bonds. The molecule has 0 N–H and O–H groups in total. The van der Waals surface area contributed by atoms with Gasteiger partial charge < -0.3 is 14.5 Å². The van der Waals surface area contributed by atoms with Crippen molar-refractivity contribution in [2.75, 3.05) is 31.1 Å². The highest BCUT2D eigenvalue weighted by molar-refractivity contribution is 6.31. The number of carbonyl (C=O) groups excluding carboxylic acids is 1. The molecule has 0 radical (unpaired) electrons. The van der Waals surface area contributed by atoms with Crippen LogP contribution < -0.4 is 15.5 Å². The Kier molecular flexibility index (Phi) is 5.15. The molecular weight excluding hydrogens is 388 g/mol. The topological polar surface area (TPSA) is 58.0 Å². The zero-order valence-electron chi connectivity index (χ0n) is 17.4. The minimum absolute atomic E-state index is 0.165. The molecule has 4 rings (SSSR count). The molecule has 154 valence electrons. The third-order valence-electron chi connectivity index (χ3n) is 5.25. The molecule has 3 heterocycles. The summed E-state index contributed by atoms with van der Waals surface area (Å²) in [7, 11) is 0. The molecule has 1 fully saturated rings. The quantitative estimate of drug-likeness (QED) is 0.757. The van der Waals surface area contributed by atoms with Gasteiger partial charge in [0.1, 0.15) is 11.0 Å². The number of fused-ring (bicyclic) bond motifs is 3. The van der Waals surface area contributed by atoms with Crippen LogP contribution in [0, 0.1) is 0 Å². The third-order valence-corrected chi connectivity index (χ3v) is 5.48. The Hall–Kier alpha value is -2.34. The van der Waals surface area contributed by atoms with Crippen molar-refractivity contribution in [3.8, 4) is 0 Å². The van der Waals surface area contributed by atoms with Crippen LogP contribution in [0.5, 0.6) is 0 Å². The molecule has 1 aromatic heterocycles. The normalized spacial score (nSPS) is 19.0. The first-order valence-corrected chi connectivity index (χ1v) is 10.5. The number of amides is 1. The molecule has 0 spiro atoms. The monoisotopic (exact) mass is 414 g/mol. The molecule has 1 unspecified atom stereocenters. The molecular formula is C22H27ClN4O2. The zero-order chi connectivity index (χ0) is 20.8. The number of benzene rings is 1. The van der Waals surface area contributed by atoms with Crippen molar-refractivity contribution in [1.29, 1.82) is 0 Å². The van der Waals surface area contributed by atoms with E-state index in [1.54, 1.807) is 4.90 Å². The first-order chi connectivity index (χ1) is 13.7. The van der Waals surface area contributed by atoms with Gasteiger partial charge in [-0.25, -0.2) is 9.78 Å². The molecule has 29 heavy (non-hydrogen) atoms. The van der Waals surface area contributed by atoms with Gasteiger partial charge in [-0.2, -0.15) is 0 Å². The van der Waals surface area contributed by atoms with Crippen molar-refractivity contribution in [2.45, 2.75) is 45.8 Å². The van der Waals surface area contributed by atoms with E-state index in [2.05, 4.69) is 17.9 Å². The molecule has 1 atom stereocenters. The summed E-state index contributed by atoms with van der Waals surface area (Å²) in [6, 6.07) is 5.97. The number of rotatable bonds is 2. The summed E-state index contributed by atoms with van der Waals surface area (Å²) in [4.78, 5) is 26.2. The van der Waals surface area contributed by atoms with Gasteiger partial charge in [0.15, 0.2) is 5.82 Å². The van der Waals surface area contributed by atoms with E-state index < -0.39 is 5.60 Å². The van der Waals surface area contributed by atoms with Crippen LogP contribution in [-0.2, 0) is 4.74 Å². The van der Waals surface area contributed by atoms with Gasteiger partial charge in [0.2, 0.25) is 0 Å². The number of pyridine rings is 1. The van der Waals surface area contributed by atoms with Gasteiger partial charge in [-0.15, -0.1) is 0 Å². The highest BCUT2D eigenvalue weighted by atomic mass is 35.5. The van der Waals surface area contributed by atoms with Crippen LogP contribution in [0.4, 0.5) is 10.6 Å². The Morgan fingerprint density at radius 1 is 1.24 bits per heavy atom. The smallest absolute Gasteiger partial charge is 0.410 e.